The standard InChI is InChI=1S/C22H26F3N5O2/c1-3-10-29(11-4-2)30-16(12-20(28-30)22(23,24)25)14-26-21(32)27-19-7-5-6-15-8-9-17(31)13-18(15)19/h5-9,12-13,31H,3-4,10-11,14H2,1-2H3,(H2,26,27,32). The molecule has 0 saturated carbocycles. The van der Waals surface area contributed by atoms with Gasteiger partial charge in [-0.25, -0.2) is 4.79 Å². The summed E-state index contributed by atoms with van der Waals surface area (Å²) in [7, 11) is 0. The number of benzene rings is 2. The van der Waals surface area contributed by atoms with Crippen molar-refractivity contribution in [2.24, 2.45) is 0 Å². The zero-order valence-electron chi connectivity index (χ0n) is 17.9. The normalized spacial score (nSPS) is 11.5. The highest BCUT2D eigenvalue weighted by molar-refractivity contribution is 6.02. The zero-order chi connectivity index (χ0) is 23.3. The second kappa shape index (κ2) is 9.80. The van der Waals surface area contributed by atoms with E-state index in [0.717, 1.165) is 24.3 Å². The molecule has 3 aromatic rings. The molecule has 1 heterocycles. The first-order chi connectivity index (χ1) is 15.2. The molecule has 0 spiro atoms. The lowest BCUT2D eigenvalue weighted by molar-refractivity contribution is -0.141. The van der Waals surface area contributed by atoms with E-state index in [4.69, 9.17) is 0 Å². The lowest BCUT2D eigenvalue weighted by Crippen LogP contribution is -2.40. The molecule has 3 rings (SSSR count). The molecular formula is C22H26F3N5O2. The van der Waals surface area contributed by atoms with E-state index in [2.05, 4.69) is 15.7 Å². The van der Waals surface area contributed by atoms with E-state index in [1.165, 1.54) is 10.9 Å². The van der Waals surface area contributed by atoms with E-state index in [9.17, 15) is 23.1 Å². The number of phenolic OH excluding ortho intramolecular Hbond substituents is 1. The van der Waals surface area contributed by atoms with Crippen LogP contribution in [0.1, 0.15) is 38.1 Å². The minimum atomic E-state index is -4.59. The van der Waals surface area contributed by atoms with Gasteiger partial charge in [0.25, 0.3) is 0 Å². The van der Waals surface area contributed by atoms with Crippen LogP contribution in [0.3, 0.4) is 0 Å². The molecule has 3 N–H and O–H groups in total. The predicted octanol–water partition coefficient (Wildman–Crippen LogP) is 4.84. The Morgan fingerprint density at radius 3 is 2.50 bits per heavy atom. The maximum absolute atomic E-state index is 13.3. The fraction of sp³-hybridized carbons (Fsp3) is 0.364. The van der Waals surface area contributed by atoms with Crippen LogP contribution in [0.25, 0.3) is 10.8 Å². The number of carbonyl (C=O) groups is 1. The van der Waals surface area contributed by atoms with Gasteiger partial charge >= 0.3 is 12.2 Å². The molecular weight excluding hydrogens is 423 g/mol. The van der Waals surface area contributed by atoms with E-state index >= 15 is 0 Å². The van der Waals surface area contributed by atoms with Crippen LogP contribution in [-0.4, -0.2) is 34.1 Å². The van der Waals surface area contributed by atoms with Gasteiger partial charge in [0.05, 0.1) is 17.9 Å². The third kappa shape index (κ3) is 5.43. The van der Waals surface area contributed by atoms with Gasteiger partial charge in [-0.05, 0) is 42.5 Å². The maximum atomic E-state index is 13.3. The molecule has 0 aliphatic carbocycles. The molecule has 10 heteroatoms. The van der Waals surface area contributed by atoms with Crippen molar-refractivity contribution in [3.8, 4) is 5.75 Å². The molecule has 2 amide bonds. The Morgan fingerprint density at radius 1 is 1.12 bits per heavy atom. The smallest absolute Gasteiger partial charge is 0.435 e. The third-order valence-electron chi connectivity index (χ3n) is 4.83. The van der Waals surface area contributed by atoms with Crippen LogP contribution < -0.4 is 15.6 Å². The van der Waals surface area contributed by atoms with Gasteiger partial charge in [-0.15, -0.1) is 5.10 Å². The average molecular weight is 449 g/mol. The van der Waals surface area contributed by atoms with Gasteiger partial charge in [-0.3, -0.25) is 5.01 Å². The number of anilines is 1. The summed E-state index contributed by atoms with van der Waals surface area (Å²) in [6, 6.07) is 10.4. The van der Waals surface area contributed by atoms with Crippen molar-refractivity contribution in [1.29, 1.82) is 0 Å². The number of fused-ring (bicyclic) bond motifs is 1. The quantitative estimate of drug-likeness (QED) is 0.460. The summed E-state index contributed by atoms with van der Waals surface area (Å²) in [6.45, 7) is 4.79. The number of carbonyl (C=O) groups excluding carboxylic acids is 1. The van der Waals surface area contributed by atoms with Gasteiger partial charge in [0, 0.05) is 18.5 Å². The van der Waals surface area contributed by atoms with Crippen LogP contribution in [0, 0.1) is 0 Å². The molecule has 32 heavy (non-hydrogen) atoms. The number of aromatic nitrogens is 2. The van der Waals surface area contributed by atoms with Crippen molar-refractivity contribution < 1.29 is 23.1 Å². The highest BCUT2D eigenvalue weighted by atomic mass is 19.4. The molecule has 1 aromatic heterocycles. The highest BCUT2D eigenvalue weighted by Crippen LogP contribution is 2.29. The highest BCUT2D eigenvalue weighted by Gasteiger charge is 2.35. The first-order valence-electron chi connectivity index (χ1n) is 10.4. The minimum Gasteiger partial charge on any atom is -0.508 e. The second-order valence-corrected chi connectivity index (χ2v) is 7.38. The Bertz CT molecular complexity index is 1080. The van der Waals surface area contributed by atoms with Gasteiger partial charge in [0.1, 0.15) is 5.75 Å². The summed E-state index contributed by atoms with van der Waals surface area (Å²) >= 11 is 0. The van der Waals surface area contributed by atoms with Crippen molar-refractivity contribution in [3.63, 3.8) is 0 Å². The summed E-state index contributed by atoms with van der Waals surface area (Å²) in [6.07, 6.45) is -3.11. The second-order valence-electron chi connectivity index (χ2n) is 7.38. The predicted molar refractivity (Wildman–Crippen MR) is 117 cm³/mol. The average Bonchev–Trinajstić information content (AvgIpc) is 3.17. The fourth-order valence-corrected chi connectivity index (χ4v) is 3.44. The number of halogens is 3. The summed E-state index contributed by atoms with van der Waals surface area (Å²) in [4.78, 5) is 13.7. The fourth-order valence-electron chi connectivity index (χ4n) is 3.44. The van der Waals surface area contributed by atoms with Gasteiger partial charge in [0.15, 0.2) is 5.69 Å². The molecule has 0 aliphatic rings. The number of hydrogen-bond donors (Lipinski definition) is 3. The van der Waals surface area contributed by atoms with Crippen LogP contribution in [0.4, 0.5) is 23.7 Å². The van der Waals surface area contributed by atoms with Crippen molar-refractivity contribution >= 4 is 22.5 Å². The van der Waals surface area contributed by atoms with E-state index in [1.54, 1.807) is 29.3 Å². The van der Waals surface area contributed by atoms with Crippen LogP contribution in [0.2, 0.25) is 0 Å². The molecule has 0 saturated heterocycles. The number of nitrogens with zero attached hydrogens (tertiary/aromatic N) is 3. The Morgan fingerprint density at radius 2 is 1.84 bits per heavy atom. The Balaban J connectivity index is 1.79. The Hall–Kier alpha value is -3.43. The summed E-state index contributed by atoms with van der Waals surface area (Å²) in [5, 5.41) is 22.0. The van der Waals surface area contributed by atoms with Gasteiger partial charge in [-0.1, -0.05) is 32.0 Å². The number of amides is 2. The van der Waals surface area contributed by atoms with E-state index in [-0.39, 0.29) is 18.0 Å². The SMILES string of the molecule is CCCN(CCC)n1nc(C(F)(F)F)cc1CNC(=O)Nc1cccc2ccc(O)cc12. The molecule has 0 fully saturated rings. The lowest BCUT2D eigenvalue weighted by Gasteiger charge is -2.25. The molecule has 0 aliphatic heterocycles. The van der Waals surface area contributed by atoms with E-state index < -0.39 is 17.9 Å². The van der Waals surface area contributed by atoms with Gasteiger partial charge in [-0.2, -0.15) is 18.0 Å². The van der Waals surface area contributed by atoms with Gasteiger partial charge < -0.3 is 15.7 Å². The zero-order valence-corrected chi connectivity index (χ0v) is 17.9. The number of alkyl halides is 3. The largest absolute Gasteiger partial charge is 0.508 e. The van der Waals surface area contributed by atoms with Crippen molar-refractivity contribution in [1.82, 2.24) is 15.2 Å². The molecule has 0 radical (unpaired) electrons. The van der Waals surface area contributed by atoms with E-state index in [0.29, 0.717) is 24.2 Å². The monoisotopic (exact) mass is 449 g/mol. The Labute approximate surface area is 183 Å². The lowest BCUT2D eigenvalue weighted by atomic mass is 10.1. The molecule has 7 nitrogen and oxygen atoms in total. The molecule has 0 bridgehead atoms. The molecule has 0 unspecified atom stereocenters. The van der Waals surface area contributed by atoms with Crippen molar-refractivity contribution in [2.75, 3.05) is 23.4 Å². The van der Waals surface area contributed by atoms with Crippen LogP contribution in [0.15, 0.2) is 42.5 Å². The van der Waals surface area contributed by atoms with Crippen molar-refractivity contribution in [2.45, 2.75) is 39.4 Å². The molecule has 172 valence electrons. The van der Waals surface area contributed by atoms with E-state index in [1.807, 2.05) is 19.9 Å². The number of aromatic hydroxyl groups is 1. The Kier molecular flexibility index (Phi) is 7.12. The first kappa shape index (κ1) is 23.2. The summed E-state index contributed by atoms with van der Waals surface area (Å²) in [5.74, 6) is 0.0580. The van der Waals surface area contributed by atoms with Crippen LogP contribution >= 0.6 is 0 Å². The topological polar surface area (TPSA) is 82.4 Å². The minimum absolute atomic E-state index is 0.0580. The number of urea groups is 1. The van der Waals surface area contributed by atoms with Crippen LogP contribution in [-0.2, 0) is 12.7 Å². The number of nitrogens with one attached hydrogen (secondary N) is 2. The summed E-state index contributed by atoms with van der Waals surface area (Å²) < 4.78 is 39.8. The molecule has 0 atom stereocenters. The number of phenols is 1. The van der Waals surface area contributed by atoms with Crippen molar-refractivity contribution in [3.05, 3.63) is 53.9 Å². The van der Waals surface area contributed by atoms with Crippen LogP contribution in [0.5, 0.6) is 5.75 Å². The molecule has 2 aromatic carbocycles. The summed E-state index contributed by atoms with van der Waals surface area (Å²) in [5.41, 5.74) is -0.305. The third-order valence-corrected chi connectivity index (χ3v) is 4.83. The maximum Gasteiger partial charge on any atom is 0.435 e. The number of rotatable bonds is 8. The number of hydrogen-bond acceptors (Lipinski definition) is 4. The van der Waals surface area contributed by atoms with Gasteiger partial charge in [0.2, 0.25) is 0 Å². The first-order valence-corrected chi connectivity index (χ1v) is 10.4.